The summed E-state index contributed by atoms with van der Waals surface area (Å²) in [6.45, 7) is 1.08. The molecule has 0 radical (unpaired) electrons. The predicted octanol–water partition coefficient (Wildman–Crippen LogP) is 0.673. The molecule has 2 rings (SSSR count). The van der Waals surface area contributed by atoms with Gasteiger partial charge in [-0.1, -0.05) is 5.21 Å². The van der Waals surface area contributed by atoms with Gasteiger partial charge in [0.05, 0.1) is 0 Å². The van der Waals surface area contributed by atoms with Gasteiger partial charge in [-0.05, 0) is 40.6 Å². The molecule has 0 atom stereocenters. The van der Waals surface area contributed by atoms with Gasteiger partial charge in [0, 0.05) is 27.3 Å². The third-order valence-electron chi connectivity index (χ3n) is 3.42. The molecule has 9 heteroatoms. The minimum absolute atomic E-state index is 0.0510. The van der Waals surface area contributed by atoms with E-state index < -0.39 is 10.0 Å². The van der Waals surface area contributed by atoms with Gasteiger partial charge in [-0.2, -0.15) is 0 Å². The summed E-state index contributed by atoms with van der Waals surface area (Å²) < 4.78 is 33.6. The first-order valence-electron chi connectivity index (χ1n) is 5.94. The topological polar surface area (TPSA) is 86.1 Å². The Hall–Kier alpha value is -0.510. The molecule has 1 aromatic rings. The monoisotopic (exact) mass is 352 g/mol. The van der Waals surface area contributed by atoms with Crippen molar-refractivity contribution in [1.82, 2.24) is 19.7 Å². The second-order valence-electron chi connectivity index (χ2n) is 4.88. The SMILES string of the molecule is COCCC1(CNS(=O)(=O)c2c(Br)nnn2C)CC1. The zero-order valence-corrected chi connectivity index (χ0v) is 13.3. The molecule has 7 nitrogen and oxygen atoms in total. The van der Waals surface area contributed by atoms with Crippen LogP contribution in [-0.4, -0.2) is 43.7 Å². The summed E-state index contributed by atoms with van der Waals surface area (Å²) >= 11 is 3.10. The minimum Gasteiger partial charge on any atom is -0.385 e. The lowest BCUT2D eigenvalue weighted by molar-refractivity contribution is 0.173. The summed E-state index contributed by atoms with van der Waals surface area (Å²) in [6.07, 6.45) is 2.93. The van der Waals surface area contributed by atoms with E-state index in [2.05, 4.69) is 31.0 Å². The van der Waals surface area contributed by atoms with Gasteiger partial charge < -0.3 is 4.74 Å². The van der Waals surface area contributed by atoms with Gasteiger partial charge in [0.2, 0.25) is 5.03 Å². The van der Waals surface area contributed by atoms with Crippen LogP contribution in [-0.2, 0) is 21.8 Å². The number of hydrogen-bond donors (Lipinski definition) is 1. The van der Waals surface area contributed by atoms with E-state index in [9.17, 15) is 8.42 Å². The number of hydrogen-bond acceptors (Lipinski definition) is 5. The summed E-state index contributed by atoms with van der Waals surface area (Å²) in [7, 11) is -0.399. The van der Waals surface area contributed by atoms with E-state index in [-0.39, 0.29) is 15.0 Å². The number of aromatic nitrogens is 3. The van der Waals surface area contributed by atoms with Gasteiger partial charge in [-0.25, -0.2) is 17.8 Å². The van der Waals surface area contributed by atoms with E-state index in [0.717, 1.165) is 19.3 Å². The number of methoxy groups -OCH3 is 1. The van der Waals surface area contributed by atoms with Crippen LogP contribution in [0.4, 0.5) is 0 Å². The molecule has 0 saturated heterocycles. The maximum atomic E-state index is 12.2. The Morgan fingerprint density at radius 1 is 1.53 bits per heavy atom. The normalized spacial score (nSPS) is 17.6. The van der Waals surface area contributed by atoms with Crippen LogP contribution in [0.3, 0.4) is 0 Å². The standard InChI is InChI=1S/C10H17BrN4O3S/c1-15-9(8(11)13-14-15)19(16,17)12-7-10(3-4-10)5-6-18-2/h12H,3-7H2,1-2H3. The Bertz CT molecular complexity index is 534. The van der Waals surface area contributed by atoms with E-state index in [1.54, 1.807) is 14.2 Å². The summed E-state index contributed by atoms with van der Waals surface area (Å²) in [4.78, 5) is 0. The summed E-state index contributed by atoms with van der Waals surface area (Å²) in [5, 5.41) is 7.41. The summed E-state index contributed by atoms with van der Waals surface area (Å²) in [5.74, 6) is 0. The number of rotatable bonds is 7. The van der Waals surface area contributed by atoms with E-state index in [1.165, 1.54) is 4.68 Å². The lowest BCUT2D eigenvalue weighted by atomic mass is 10.0. The molecular weight excluding hydrogens is 336 g/mol. The average Bonchev–Trinajstić information content (AvgIpc) is 3.04. The van der Waals surface area contributed by atoms with E-state index >= 15 is 0 Å². The van der Waals surface area contributed by atoms with Crippen molar-refractivity contribution >= 4 is 26.0 Å². The molecule has 19 heavy (non-hydrogen) atoms. The van der Waals surface area contributed by atoms with E-state index in [1.807, 2.05) is 0 Å². The average molecular weight is 353 g/mol. The van der Waals surface area contributed by atoms with Crippen molar-refractivity contribution in [1.29, 1.82) is 0 Å². The zero-order chi connectivity index (χ0) is 14.1. The Morgan fingerprint density at radius 3 is 2.68 bits per heavy atom. The number of ether oxygens (including phenoxy) is 1. The van der Waals surface area contributed by atoms with Crippen LogP contribution in [0.25, 0.3) is 0 Å². The predicted molar refractivity (Wildman–Crippen MR) is 72.1 cm³/mol. The Labute approximate surface area is 120 Å². The maximum Gasteiger partial charge on any atom is 0.260 e. The van der Waals surface area contributed by atoms with Crippen molar-refractivity contribution < 1.29 is 13.2 Å². The zero-order valence-electron chi connectivity index (χ0n) is 10.9. The van der Waals surface area contributed by atoms with Crippen LogP contribution in [0.2, 0.25) is 0 Å². The van der Waals surface area contributed by atoms with Crippen LogP contribution in [0.5, 0.6) is 0 Å². The third-order valence-corrected chi connectivity index (χ3v) is 5.71. The molecular formula is C10H17BrN4O3S. The van der Waals surface area contributed by atoms with Crippen molar-refractivity contribution in [2.24, 2.45) is 12.5 Å². The molecule has 0 aliphatic heterocycles. The number of sulfonamides is 1. The van der Waals surface area contributed by atoms with Crippen molar-refractivity contribution in [3.8, 4) is 0 Å². The molecule has 0 spiro atoms. The number of nitrogens with zero attached hydrogens (tertiary/aromatic N) is 3. The van der Waals surface area contributed by atoms with Crippen molar-refractivity contribution in [2.45, 2.75) is 24.3 Å². The Kier molecular flexibility index (Phi) is 4.29. The smallest absolute Gasteiger partial charge is 0.260 e. The molecule has 1 saturated carbocycles. The number of halogens is 1. The first kappa shape index (κ1) is 14.9. The Morgan fingerprint density at radius 2 is 2.21 bits per heavy atom. The highest BCUT2D eigenvalue weighted by molar-refractivity contribution is 9.10. The van der Waals surface area contributed by atoms with Gasteiger partial charge in [0.25, 0.3) is 10.0 Å². The summed E-state index contributed by atoms with van der Waals surface area (Å²) in [6, 6.07) is 0. The third kappa shape index (κ3) is 3.33. The first-order chi connectivity index (χ1) is 8.90. The van der Waals surface area contributed by atoms with Crippen LogP contribution in [0, 0.1) is 5.41 Å². The van der Waals surface area contributed by atoms with E-state index in [4.69, 9.17) is 4.74 Å². The fourth-order valence-electron chi connectivity index (χ4n) is 1.94. The fourth-order valence-corrected chi connectivity index (χ4v) is 4.18. The molecule has 0 unspecified atom stereocenters. The molecule has 108 valence electrons. The molecule has 0 bridgehead atoms. The highest BCUT2D eigenvalue weighted by Gasteiger charge is 2.43. The molecule has 1 aliphatic carbocycles. The number of aryl methyl sites for hydroxylation is 1. The maximum absolute atomic E-state index is 12.2. The molecule has 1 aliphatic rings. The van der Waals surface area contributed by atoms with Crippen LogP contribution < -0.4 is 4.72 Å². The second kappa shape index (κ2) is 5.47. The first-order valence-corrected chi connectivity index (χ1v) is 8.22. The fraction of sp³-hybridized carbons (Fsp3) is 0.800. The second-order valence-corrected chi connectivity index (χ2v) is 7.31. The molecule has 0 aromatic carbocycles. The van der Waals surface area contributed by atoms with Crippen molar-refractivity contribution in [3.05, 3.63) is 4.60 Å². The van der Waals surface area contributed by atoms with Gasteiger partial charge >= 0.3 is 0 Å². The highest BCUT2D eigenvalue weighted by atomic mass is 79.9. The van der Waals surface area contributed by atoms with Gasteiger partial charge in [0.15, 0.2) is 4.60 Å². The van der Waals surface area contributed by atoms with Crippen LogP contribution in [0.1, 0.15) is 19.3 Å². The quantitative estimate of drug-likeness (QED) is 0.779. The van der Waals surface area contributed by atoms with Crippen molar-refractivity contribution in [3.63, 3.8) is 0 Å². The largest absolute Gasteiger partial charge is 0.385 e. The van der Waals surface area contributed by atoms with Gasteiger partial charge in [-0.3, -0.25) is 0 Å². The number of nitrogens with one attached hydrogen (secondary N) is 1. The van der Waals surface area contributed by atoms with Gasteiger partial charge in [-0.15, -0.1) is 5.10 Å². The Balaban J connectivity index is 2.03. The van der Waals surface area contributed by atoms with Crippen molar-refractivity contribution in [2.75, 3.05) is 20.3 Å². The lowest BCUT2D eigenvalue weighted by Crippen LogP contribution is -2.32. The molecule has 1 heterocycles. The minimum atomic E-state index is -3.60. The molecule has 1 aromatic heterocycles. The van der Waals surface area contributed by atoms with E-state index in [0.29, 0.717) is 13.2 Å². The van der Waals surface area contributed by atoms with Crippen LogP contribution in [0.15, 0.2) is 9.63 Å². The molecule has 1 N–H and O–H groups in total. The van der Waals surface area contributed by atoms with Crippen LogP contribution >= 0.6 is 15.9 Å². The van der Waals surface area contributed by atoms with Gasteiger partial charge in [0.1, 0.15) is 0 Å². The summed E-state index contributed by atoms with van der Waals surface area (Å²) in [5.41, 5.74) is 0.0571. The highest BCUT2D eigenvalue weighted by Crippen LogP contribution is 2.48. The lowest BCUT2D eigenvalue weighted by Gasteiger charge is -2.15. The molecule has 1 fully saturated rings. The molecule has 0 amide bonds.